The number of anilines is 1. The van der Waals surface area contributed by atoms with Gasteiger partial charge in [0.25, 0.3) is 15.9 Å². The number of amidine groups is 1. The second kappa shape index (κ2) is 11.0. The highest BCUT2D eigenvalue weighted by Crippen LogP contribution is 2.23. The molecule has 1 aliphatic heterocycles. The summed E-state index contributed by atoms with van der Waals surface area (Å²) in [6, 6.07) is 18.4. The van der Waals surface area contributed by atoms with Crippen molar-refractivity contribution in [1.82, 2.24) is 10.0 Å². The van der Waals surface area contributed by atoms with Gasteiger partial charge in [-0.05, 0) is 42.3 Å². The lowest BCUT2D eigenvalue weighted by atomic mass is 10.1. The summed E-state index contributed by atoms with van der Waals surface area (Å²) < 4.78 is 41.5. The number of rotatable bonds is 8. The third-order valence-corrected chi connectivity index (χ3v) is 7.27. The van der Waals surface area contributed by atoms with Crippen molar-refractivity contribution in [3.8, 4) is 0 Å². The van der Waals surface area contributed by atoms with Crippen molar-refractivity contribution in [2.75, 3.05) is 11.9 Å². The van der Waals surface area contributed by atoms with E-state index in [1.54, 1.807) is 54.6 Å². The van der Waals surface area contributed by atoms with Crippen molar-refractivity contribution in [3.05, 3.63) is 94.2 Å². The van der Waals surface area contributed by atoms with Crippen molar-refractivity contribution in [2.45, 2.75) is 23.8 Å². The molecule has 11 heteroatoms. The Labute approximate surface area is 216 Å². The zero-order valence-electron chi connectivity index (χ0n) is 18.9. The van der Waals surface area contributed by atoms with Gasteiger partial charge in [-0.3, -0.25) is 19.3 Å². The summed E-state index contributed by atoms with van der Waals surface area (Å²) in [5.74, 6) is -1.36. The Morgan fingerprint density at radius 3 is 2.50 bits per heavy atom. The SMILES string of the molecule is O=C(CCCN=C1NS(=O)(=O)c2ccccc21)NC(C(=O)Nc1ccc(Br)cc1F)c1ccccc1. The largest absolute Gasteiger partial charge is 0.341 e. The van der Waals surface area contributed by atoms with E-state index in [0.29, 0.717) is 22.0 Å². The van der Waals surface area contributed by atoms with Gasteiger partial charge in [0.15, 0.2) is 0 Å². The first-order valence-corrected chi connectivity index (χ1v) is 13.3. The molecule has 3 aromatic carbocycles. The minimum absolute atomic E-state index is 0.00602. The predicted octanol–water partition coefficient (Wildman–Crippen LogP) is 3.90. The Morgan fingerprint density at radius 2 is 1.75 bits per heavy atom. The normalized spacial score (nSPS) is 15.6. The van der Waals surface area contributed by atoms with Gasteiger partial charge in [0, 0.05) is 23.0 Å². The standard InChI is InChI=1S/C25H22BrFN4O4S/c26-17-12-13-20(19(27)15-17)29-25(33)23(16-7-2-1-3-8-16)30-22(32)11-6-14-28-24-18-9-4-5-10-21(18)36(34,35)31-24/h1-5,7-10,12-13,15,23H,6,11,14H2,(H,28,31)(H,29,33)(H,30,32). The number of hydrogen-bond acceptors (Lipinski definition) is 5. The molecule has 186 valence electrons. The number of benzene rings is 3. The van der Waals surface area contributed by atoms with Crippen LogP contribution in [0.1, 0.15) is 30.0 Å². The minimum atomic E-state index is -3.63. The summed E-state index contributed by atoms with van der Waals surface area (Å²) in [5.41, 5.74) is 1.02. The lowest BCUT2D eigenvalue weighted by molar-refractivity contribution is -0.126. The quantitative estimate of drug-likeness (QED) is 0.355. The Hall–Kier alpha value is -3.57. The number of sulfonamides is 1. The molecule has 1 unspecified atom stereocenters. The number of nitrogens with zero attached hydrogens (tertiary/aromatic N) is 1. The van der Waals surface area contributed by atoms with Gasteiger partial charge in [0.05, 0.1) is 10.6 Å². The van der Waals surface area contributed by atoms with Gasteiger partial charge in [-0.1, -0.05) is 58.4 Å². The van der Waals surface area contributed by atoms with E-state index in [1.165, 1.54) is 18.2 Å². The Morgan fingerprint density at radius 1 is 1.03 bits per heavy atom. The minimum Gasteiger partial charge on any atom is -0.341 e. The summed E-state index contributed by atoms with van der Waals surface area (Å²) >= 11 is 3.17. The molecule has 0 fully saturated rings. The van der Waals surface area contributed by atoms with E-state index < -0.39 is 33.7 Å². The van der Waals surface area contributed by atoms with Gasteiger partial charge in [0.2, 0.25) is 5.91 Å². The molecule has 0 spiro atoms. The van der Waals surface area contributed by atoms with E-state index in [1.807, 2.05) is 0 Å². The molecular weight excluding hydrogens is 551 g/mol. The Balaban J connectivity index is 1.39. The molecule has 3 aromatic rings. The zero-order valence-corrected chi connectivity index (χ0v) is 21.3. The number of carbonyl (C=O) groups excluding carboxylic acids is 2. The van der Waals surface area contributed by atoms with Gasteiger partial charge in [0.1, 0.15) is 17.7 Å². The zero-order chi connectivity index (χ0) is 25.7. The van der Waals surface area contributed by atoms with Gasteiger partial charge in [-0.15, -0.1) is 0 Å². The lowest BCUT2D eigenvalue weighted by Gasteiger charge is -2.19. The smallest absolute Gasteiger partial charge is 0.263 e. The fraction of sp³-hybridized carbons (Fsp3) is 0.160. The number of halogens is 2. The van der Waals surface area contributed by atoms with E-state index in [9.17, 15) is 22.4 Å². The molecule has 3 N–H and O–H groups in total. The van der Waals surface area contributed by atoms with Crippen LogP contribution in [-0.2, 0) is 19.6 Å². The van der Waals surface area contributed by atoms with Crippen LogP contribution in [0.2, 0.25) is 0 Å². The molecular formula is C25H22BrFN4O4S. The van der Waals surface area contributed by atoms with Gasteiger partial charge in [-0.25, -0.2) is 12.8 Å². The highest BCUT2D eigenvalue weighted by molar-refractivity contribution is 9.10. The average molecular weight is 573 g/mol. The predicted molar refractivity (Wildman–Crippen MR) is 137 cm³/mol. The molecule has 0 bridgehead atoms. The molecule has 0 saturated carbocycles. The molecule has 2 amide bonds. The maximum absolute atomic E-state index is 14.2. The van der Waals surface area contributed by atoms with Crippen LogP contribution >= 0.6 is 15.9 Å². The van der Waals surface area contributed by atoms with Crippen molar-refractivity contribution < 1.29 is 22.4 Å². The topological polar surface area (TPSA) is 117 Å². The molecule has 1 aliphatic rings. The van der Waals surface area contributed by atoms with Crippen LogP contribution in [0.25, 0.3) is 0 Å². The molecule has 0 saturated heterocycles. The summed E-state index contributed by atoms with van der Waals surface area (Å²) in [6.07, 6.45) is 0.373. The summed E-state index contributed by atoms with van der Waals surface area (Å²) in [6.45, 7) is 0.200. The second-order valence-corrected chi connectivity index (χ2v) is 10.5. The summed E-state index contributed by atoms with van der Waals surface area (Å²) in [7, 11) is -3.63. The van der Waals surface area contributed by atoms with Crippen LogP contribution in [0.3, 0.4) is 0 Å². The summed E-state index contributed by atoms with van der Waals surface area (Å²) in [4.78, 5) is 30.1. The lowest BCUT2D eigenvalue weighted by Crippen LogP contribution is -2.37. The van der Waals surface area contributed by atoms with Crippen LogP contribution in [0.15, 0.2) is 87.2 Å². The van der Waals surface area contributed by atoms with Crippen molar-refractivity contribution in [1.29, 1.82) is 0 Å². The first-order valence-electron chi connectivity index (χ1n) is 11.0. The van der Waals surface area contributed by atoms with Gasteiger partial charge < -0.3 is 10.6 Å². The van der Waals surface area contributed by atoms with Gasteiger partial charge >= 0.3 is 0 Å². The number of aliphatic imine (C=N–C) groups is 1. The molecule has 4 rings (SSSR count). The molecule has 1 heterocycles. The van der Waals surface area contributed by atoms with E-state index in [-0.39, 0.29) is 29.4 Å². The highest BCUT2D eigenvalue weighted by Gasteiger charge is 2.30. The first-order chi connectivity index (χ1) is 17.2. The molecule has 36 heavy (non-hydrogen) atoms. The van der Waals surface area contributed by atoms with E-state index in [2.05, 4.69) is 36.3 Å². The van der Waals surface area contributed by atoms with E-state index >= 15 is 0 Å². The Bertz CT molecular complexity index is 1430. The van der Waals surface area contributed by atoms with E-state index in [0.717, 1.165) is 0 Å². The third-order valence-electron chi connectivity index (χ3n) is 5.38. The number of amides is 2. The van der Waals surface area contributed by atoms with Crippen LogP contribution in [-0.4, -0.2) is 32.6 Å². The number of nitrogens with one attached hydrogen (secondary N) is 3. The third kappa shape index (κ3) is 5.97. The molecule has 8 nitrogen and oxygen atoms in total. The first kappa shape index (κ1) is 25.5. The second-order valence-electron chi connectivity index (χ2n) is 7.96. The fourth-order valence-electron chi connectivity index (χ4n) is 3.66. The molecule has 0 aromatic heterocycles. The van der Waals surface area contributed by atoms with E-state index in [4.69, 9.17) is 0 Å². The van der Waals surface area contributed by atoms with Crippen molar-refractivity contribution in [2.24, 2.45) is 4.99 Å². The maximum atomic E-state index is 14.2. The van der Waals surface area contributed by atoms with Crippen LogP contribution in [0.4, 0.5) is 10.1 Å². The monoisotopic (exact) mass is 572 g/mol. The highest BCUT2D eigenvalue weighted by atomic mass is 79.9. The molecule has 0 radical (unpaired) electrons. The fourth-order valence-corrected chi connectivity index (χ4v) is 5.24. The summed E-state index contributed by atoms with van der Waals surface area (Å²) in [5, 5.41) is 5.22. The number of fused-ring (bicyclic) bond motifs is 1. The number of carbonyl (C=O) groups is 2. The van der Waals surface area contributed by atoms with Crippen LogP contribution in [0.5, 0.6) is 0 Å². The molecule has 0 aliphatic carbocycles. The maximum Gasteiger partial charge on any atom is 0.263 e. The van der Waals surface area contributed by atoms with Crippen molar-refractivity contribution >= 4 is 49.3 Å². The molecule has 1 atom stereocenters. The van der Waals surface area contributed by atoms with Crippen molar-refractivity contribution in [3.63, 3.8) is 0 Å². The average Bonchev–Trinajstić information content (AvgIpc) is 3.12. The van der Waals surface area contributed by atoms with Gasteiger partial charge in [-0.2, -0.15) is 0 Å². The van der Waals surface area contributed by atoms with Crippen LogP contribution in [0, 0.1) is 5.82 Å². The Kier molecular flexibility index (Phi) is 7.80. The number of hydrogen-bond donors (Lipinski definition) is 3. The van der Waals surface area contributed by atoms with Crippen LogP contribution < -0.4 is 15.4 Å².